The van der Waals surface area contributed by atoms with Crippen molar-refractivity contribution in [1.29, 1.82) is 0 Å². The molecule has 1 fully saturated rings. The van der Waals surface area contributed by atoms with Gasteiger partial charge in [-0.05, 0) is 91.8 Å². The Morgan fingerprint density at radius 1 is 0.967 bits per heavy atom. The smallest absolute Gasteiger partial charge is 0.270 e. The van der Waals surface area contributed by atoms with Crippen LogP contribution in [0, 0.1) is 13.8 Å². The molecule has 1 aromatic heterocycles. The molecule has 0 spiro atoms. The zero-order valence-corrected chi connectivity index (χ0v) is 17.2. The average molecular weight is 417 g/mol. The number of thiocarbonyl (C=S) groups is 1. The molecule has 150 valence electrons. The van der Waals surface area contributed by atoms with E-state index in [1.54, 1.807) is 36.4 Å². The van der Waals surface area contributed by atoms with Crippen LogP contribution in [0.5, 0.6) is 5.75 Å². The van der Waals surface area contributed by atoms with E-state index in [2.05, 4.69) is 5.32 Å². The van der Waals surface area contributed by atoms with Gasteiger partial charge in [0.05, 0.1) is 5.69 Å². The molecule has 0 atom stereocenters. The van der Waals surface area contributed by atoms with Gasteiger partial charge >= 0.3 is 0 Å². The fraction of sp³-hybridized carbons (Fsp3) is 0.0870. The van der Waals surface area contributed by atoms with Crippen LogP contribution < -0.4 is 10.2 Å². The van der Waals surface area contributed by atoms with Gasteiger partial charge in [0.25, 0.3) is 11.8 Å². The molecule has 4 rings (SSSR count). The van der Waals surface area contributed by atoms with Crippen LogP contribution in [0.3, 0.4) is 0 Å². The first-order chi connectivity index (χ1) is 14.3. The number of aromatic hydroxyl groups is 1. The summed E-state index contributed by atoms with van der Waals surface area (Å²) >= 11 is 5.28. The molecular weight excluding hydrogens is 398 g/mol. The topological polar surface area (TPSA) is 74.6 Å². The number of amides is 2. The molecule has 2 amide bonds. The number of phenolic OH excluding ortho intramolecular Hbond substituents is 1. The number of aryl methyl sites for hydroxylation is 2. The van der Waals surface area contributed by atoms with Gasteiger partial charge in [-0.3, -0.25) is 19.8 Å². The van der Waals surface area contributed by atoms with E-state index in [0.29, 0.717) is 11.4 Å². The SMILES string of the molecule is Cc1cc(C)cc(N2C(=O)/C(=C/c3cccn3-c3ccc(O)cc3)C(=O)NC2=S)c1. The van der Waals surface area contributed by atoms with Crippen LogP contribution in [-0.2, 0) is 9.59 Å². The molecule has 2 N–H and O–H groups in total. The Bertz CT molecular complexity index is 1190. The molecule has 3 aromatic rings. The van der Waals surface area contributed by atoms with Gasteiger partial charge in [0, 0.05) is 17.6 Å². The predicted octanol–water partition coefficient (Wildman–Crippen LogP) is 3.63. The summed E-state index contributed by atoms with van der Waals surface area (Å²) in [5.41, 5.74) is 4.01. The summed E-state index contributed by atoms with van der Waals surface area (Å²) in [6.45, 7) is 3.88. The Hall–Kier alpha value is -3.71. The molecule has 1 saturated heterocycles. The Kier molecular flexibility index (Phi) is 4.97. The number of carbonyl (C=O) groups excluding carboxylic acids is 2. The predicted molar refractivity (Wildman–Crippen MR) is 120 cm³/mol. The zero-order chi connectivity index (χ0) is 21.4. The van der Waals surface area contributed by atoms with E-state index < -0.39 is 11.8 Å². The Morgan fingerprint density at radius 3 is 2.30 bits per heavy atom. The lowest BCUT2D eigenvalue weighted by atomic mass is 10.1. The van der Waals surface area contributed by atoms with E-state index >= 15 is 0 Å². The maximum atomic E-state index is 13.3. The van der Waals surface area contributed by atoms with Crippen LogP contribution in [0.2, 0.25) is 0 Å². The van der Waals surface area contributed by atoms with Crippen molar-refractivity contribution in [3.63, 3.8) is 0 Å². The van der Waals surface area contributed by atoms with Gasteiger partial charge in [-0.15, -0.1) is 0 Å². The van der Waals surface area contributed by atoms with Crippen LogP contribution >= 0.6 is 12.2 Å². The summed E-state index contributed by atoms with van der Waals surface area (Å²) in [5, 5.41) is 12.2. The van der Waals surface area contributed by atoms with Crippen molar-refractivity contribution < 1.29 is 14.7 Å². The van der Waals surface area contributed by atoms with Gasteiger partial charge < -0.3 is 9.67 Å². The molecule has 1 aliphatic rings. The molecule has 0 unspecified atom stereocenters. The minimum absolute atomic E-state index is 0.0125. The van der Waals surface area contributed by atoms with E-state index in [9.17, 15) is 14.7 Å². The molecule has 7 heteroatoms. The Balaban J connectivity index is 1.76. The maximum Gasteiger partial charge on any atom is 0.270 e. The number of rotatable bonds is 3. The van der Waals surface area contributed by atoms with Crippen molar-refractivity contribution in [3.8, 4) is 11.4 Å². The second-order valence-electron chi connectivity index (χ2n) is 7.12. The van der Waals surface area contributed by atoms with Crippen molar-refractivity contribution in [2.75, 3.05) is 4.90 Å². The molecule has 1 aliphatic heterocycles. The number of benzene rings is 2. The third kappa shape index (κ3) is 3.62. The fourth-order valence-corrected chi connectivity index (χ4v) is 3.76. The highest BCUT2D eigenvalue weighted by Crippen LogP contribution is 2.25. The number of aromatic nitrogens is 1. The van der Waals surface area contributed by atoms with Crippen LogP contribution in [0.1, 0.15) is 16.8 Å². The maximum absolute atomic E-state index is 13.3. The molecule has 0 aliphatic carbocycles. The molecule has 2 aromatic carbocycles. The monoisotopic (exact) mass is 417 g/mol. The second kappa shape index (κ2) is 7.61. The third-order valence-corrected chi connectivity index (χ3v) is 5.05. The molecule has 0 radical (unpaired) electrons. The highest BCUT2D eigenvalue weighted by Gasteiger charge is 2.34. The fourth-order valence-electron chi connectivity index (χ4n) is 3.48. The summed E-state index contributed by atoms with van der Waals surface area (Å²) in [7, 11) is 0. The number of carbonyl (C=O) groups is 2. The second-order valence-corrected chi connectivity index (χ2v) is 7.51. The van der Waals surface area contributed by atoms with Crippen molar-refractivity contribution in [2.45, 2.75) is 13.8 Å². The van der Waals surface area contributed by atoms with Crippen LogP contribution in [0.25, 0.3) is 11.8 Å². The molecule has 30 heavy (non-hydrogen) atoms. The standard InChI is InChI=1S/C23H19N3O3S/c1-14-10-15(2)12-18(11-14)26-22(29)20(21(28)24-23(26)30)13-17-4-3-9-25(17)16-5-7-19(27)8-6-16/h3-13,27H,1-2H3,(H,24,28,30)/b20-13+. The number of nitrogens with zero attached hydrogens (tertiary/aromatic N) is 2. The highest BCUT2D eigenvalue weighted by molar-refractivity contribution is 7.80. The Labute approximate surface area is 179 Å². The minimum Gasteiger partial charge on any atom is -0.508 e. The van der Waals surface area contributed by atoms with Crippen LogP contribution in [-0.4, -0.2) is 26.6 Å². The summed E-state index contributed by atoms with van der Waals surface area (Å²) in [5.74, 6) is -0.860. The van der Waals surface area contributed by atoms with Gasteiger partial charge in [-0.25, -0.2) is 0 Å². The lowest BCUT2D eigenvalue weighted by molar-refractivity contribution is -0.122. The van der Waals surface area contributed by atoms with E-state index in [1.165, 1.54) is 4.90 Å². The number of hydrogen-bond acceptors (Lipinski definition) is 4. The highest BCUT2D eigenvalue weighted by atomic mass is 32.1. The minimum atomic E-state index is -0.538. The first-order valence-electron chi connectivity index (χ1n) is 9.30. The Morgan fingerprint density at radius 2 is 1.63 bits per heavy atom. The van der Waals surface area contributed by atoms with Crippen LogP contribution in [0.4, 0.5) is 5.69 Å². The summed E-state index contributed by atoms with van der Waals surface area (Å²) < 4.78 is 1.82. The molecule has 0 bridgehead atoms. The van der Waals surface area contributed by atoms with Gasteiger partial charge in [0.2, 0.25) is 0 Å². The summed E-state index contributed by atoms with van der Waals surface area (Å²) in [6, 6.07) is 16.0. The number of anilines is 1. The van der Waals surface area contributed by atoms with Crippen molar-refractivity contribution >= 4 is 40.9 Å². The van der Waals surface area contributed by atoms with Gasteiger partial charge in [-0.2, -0.15) is 0 Å². The van der Waals surface area contributed by atoms with E-state index in [4.69, 9.17) is 12.2 Å². The van der Waals surface area contributed by atoms with Crippen molar-refractivity contribution in [2.24, 2.45) is 0 Å². The van der Waals surface area contributed by atoms with Crippen molar-refractivity contribution in [3.05, 3.63) is 83.2 Å². The number of phenols is 1. The molecule has 6 nitrogen and oxygen atoms in total. The first kappa shape index (κ1) is 19.6. The zero-order valence-electron chi connectivity index (χ0n) is 16.4. The van der Waals surface area contributed by atoms with Crippen molar-refractivity contribution in [1.82, 2.24) is 9.88 Å². The summed E-state index contributed by atoms with van der Waals surface area (Å²) in [4.78, 5) is 27.2. The molecule has 0 saturated carbocycles. The lowest BCUT2D eigenvalue weighted by Crippen LogP contribution is -2.54. The lowest BCUT2D eigenvalue weighted by Gasteiger charge is -2.29. The number of hydrogen-bond donors (Lipinski definition) is 2. The van der Waals surface area contributed by atoms with E-state index in [0.717, 1.165) is 16.8 Å². The average Bonchev–Trinajstić information content (AvgIpc) is 3.13. The van der Waals surface area contributed by atoms with Gasteiger partial charge in [0.15, 0.2) is 5.11 Å². The quantitative estimate of drug-likeness (QED) is 0.388. The number of nitrogens with one attached hydrogen (secondary N) is 1. The third-order valence-electron chi connectivity index (χ3n) is 4.77. The first-order valence-corrected chi connectivity index (χ1v) is 9.71. The van der Waals surface area contributed by atoms with Gasteiger partial charge in [-0.1, -0.05) is 6.07 Å². The largest absolute Gasteiger partial charge is 0.508 e. The van der Waals surface area contributed by atoms with E-state index in [1.807, 2.05) is 48.9 Å². The molecule has 2 heterocycles. The van der Waals surface area contributed by atoms with E-state index in [-0.39, 0.29) is 16.4 Å². The normalized spacial score (nSPS) is 15.6. The van der Waals surface area contributed by atoms with Crippen LogP contribution in [0.15, 0.2) is 66.4 Å². The van der Waals surface area contributed by atoms with Gasteiger partial charge in [0.1, 0.15) is 11.3 Å². The molecular formula is C23H19N3O3S. The summed E-state index contributed by atoms with van der Waals surface area (Å²) in [6.07, 6.45) is 3.36.